The molecule has 0 fully saturated rings. The van der Waals surface area contributed by atoms with Crippen molar-refractivity contribution in [1.82, 2.24) is 31.2 Å². The smallest absolute Gasteiger partial charge is 0.382 e. The molecule has 0 aromatic rings. The third-order valence-corrected chi connectivity index (χ3v) is 7.72. The molecule has 1 unspecified atom stereocenters. The van der Waals surface area contributed by atoms with Gasteiger partial charge in [0.1, 0.15) is 0 Å². The van der Waals surface area contributed by atoms with Crippen molar-refractivity contribution in [2.24, 2.45) is 45.0 Å². The van der Waals surface area contributed by atoms with Crippen LogP contribution in [0.2, 0.25) is 0 Å². The molecule has 0 aromatic carbocycles. The normalized spacial score (nSPS) is 14.5. The lowest BCUT2D eigenvalue weighted by molar-refractivity contribution is -0.125. The number of aliphatic imine (C=N–C) groups is 1. The topological polar surface area (TPSA) is 330 Å². The van der Waals surface area contributed by atoms with Gasteiger partial charge in [0.25, 0.3) is 0 Å². The van der Waals surface area contributed by atoms with Crippen LogP contribution in [0.1, 0.15) is 109 Å². The minimum atomic E-state index is -3.14. The van der Waals surface area contributed by atoms with E-state index >= 15 is 0 Å². The molecule has 0 rings (SSSR count). The zero-order valence-electron chi connectivity index (χ0n) is 34.6. The molecular weight excluding hydrogens is 699 g/mol. The Balaban J connectivity index is -0.000000708. The van der Waals surface area contributed by atoms with Gasteiger partial charge < -0.3 is 43.6 Å². The molecular formula is C33H77BN14O4S. The van der Waals surface area contributed by atoms with Gasteiger partial charge in [0.15, 0.2) is 39.4 Å². The molecule has 20 heteroatoms. The first-order valence-electron chi connectivity index (χ1n) is 18.6. The fourth-order valence-corrected chi connectivity index (χ4v) is 5.17. The standard InChI is InChI=1S/C11H27BN4O.C11H24N6O.C11H26N4O2S/c1-8(2)11(17)10(16-9(3)4)6-5-7-15-12(13)14;1-6(2)9(18)8(16-7(3)4)5-15-11(14)17-10(12)13;1-8(2)11(16)10(15-9(3)4)6-5-7-14-18(12,13)17/h8-10,15-16H,5-7,13-14H2,1-4H3;6-8,16H,5H2,1-4H3,(H6,12,13,14,15,17);8-10,15H,5-7H2,1-4H3,(H4,12,13,14,17)/t10-;8-;10-/m000/s1. The molecule has 0 aromatic heterocycles. The first-order valence-corrected chi connectivity index (χ1v) is 20.2. The Labute approximate surface area is 320 Å². The molecule has 0 aliphatic heterocycles. The lowest BCUT2D eigenvalue weighted by Crippen LogP contribution is -2.57. The number of hydrogen-bond acceptors (Lipinski definition) is 10. The van der Waals surface area contributed by atoms with Crippen LogP contribution in [0, 0.1) is 27.9 Å². The van der Waals surface area contributed by atoms with Gasteiger partial charge in [-0.3, -0.25) is 30.1 Å². The predicted molar refractivity (Wildman–Crippen MR) is 219 cm³/mol. The average molecular weight is 777 g/mol. The zero-order valence-corrected chi connectivity index (χ0v) is 35.4. The van der Waals surface area contributed by atoms with Gasteiger partial charge in [0, 0.05) is 49.0 Å². The summed E-state index contributed by atoms with van der Waals surface area (Å²) in [5, 5.41) is 32.4. The Morgan fingerprint density at radius 3 is 1.40 bits per heavy atom. The Kier molecular flexibility index (Phi) is 30.1. The summed E-state index contributed by atoms with van der Waals surface area (Å²) >= 11 is 0. The number of Topliss-reactive ketones (excluding diaryl/α,β-unsaturated/α-hetero) is 3. The maximum atomic E-state index is 12.0. The van der Waals surface area contributed by atoms with E-state index < -0.39 is 16.9 Å². The third-order valence-electron chi connectivity index (χ3n) is 7.08. The maximum absolute atomic E-state index is 12.0. The fourth-order valence-electron chi connectivity index (χ4n) is 4.73. The molecule has 0 amide bonds. The molecule has 0 spiro atoms. The van der Waals surface area contributed by atoms with Crippen LogP contribution in [-0.4, -0.2) is 96.1 Å². The highest BCUT2D eigenvalue weighted by Crippen LogP contribution is 2.08. The van der Waals surface area contributed by atoms with Crippen molar-refractivity contribution in [3.8, 4) is 0 Å². The number of rotatable bonds is 24. The van der Waals surface area contributed by atoms with E-state index in [1.807, 2.05) is 69.2 Å². The van der Waals surface area contributed by atoms with Crippen molar-refractivity contribution in [1.29, 1.82) is 10.2 Å². The number of nitrogens with two attached hydrogens (primary N) is 5. The average Bonchev–Trinajstić information content (AvgIpc) is 3.00. The van der Waals surface area contributed by atoms with Gasteiger partial charge in [-0.15, -0.1) is 0 Å². The van der Waals surface area contributed by atoms with Crippen molar-refractivity contribution < 1.29 is 23.9 Å². The monoisotopic (exact) mass is 777 g/mol. The van der Waals surface area contributed by atoms with E-state index in [0.717, 1.165) is 19.4 Å². The van der Waals surface area contributed by atoms with Gasteiger partial charge in [-0.2, -0.15) is 0 Å². The SMILES string of the molecule is CC(C)N[C@@H](CCCNS(=N)(N)=O)C(=O)C(C)C.CC(C)N[C@@H](CCCN[B-](N)=[NH2+])C(=O)C(C)C.CC(C)N[C@@H](CN=C(N)NC(=N)N)C(=O)C(C)C. The van der Waals surface area contributed by atoms with Crippen molar-refractivity contribution in [2.75, 3.05) is 19.6 Å². The first kappa shape index (κ1) is 54.3. The van der Waals surface area contributed by atoms with Crippen LogP contribution < -0.4 is 58.8 Å². The minimum absolute atomic E-state index is 0.0101. The van der Waals surface area contributed by atoms with E-state index in [9.17, 15) is 18.6 Å². The molecule has 0 aliphatic carbocycles. The minimum Gasteiger partial charge on any atom is -0.514 e. The van der Waals surface area contributed by atoms with Crippen molar-refractivity contribution >= 4 is 46.1 Å². The van der Waals surface area contributed by atoms with E-state index in [-0.39, 0.29) is 83.8 Å². The summed E-state index contributed by atoms with van der Waals surface area (Å²) in [7, 11) is -3.14. The molecule has 18 N–H and O–H groups in total. The number of nitrogens with one attached hydrogen (secondary N) is 8. The number of carbonyl (C=O) groups is 3. The van der Waals surface area contributed by atoms with E-state index in [1.54, 1.807) is 0 Å². The quantitative estimate of drug-likeness (QED) is 0.0245. The van der Waals surface area contributed by atoms with Crippen LogP contribution in [0.5, 0.6) is 0 Å². The van der Waals surface area contributed by atoms with Gasteiger partial charge in [-0.25, -0.2) is 18.8 Å². The molecule has 4 atom stereocenters. The third kappa shape index (κ3) is 33.3. The number of ketones is 3. The Morgan fingerprint density at radius 2 is 1.08 bits per heavy atom. The zero-order chi connectivity index (χ0) is 42.1. The molecule has 0 saturated heterocycles. The molecule has 53 heavy (non-hydrogen) atoms. The van der Waals surface area contributed by atoms with Gasteiger partial charge in [0.05, 0.1) is 24.7 Å². The van der Waals surface area contributed by atoms with Crippen molar-refractivity contribution in [3.05, 3.63) is 0 Å². The molecule has 0 radical (unpaired) electrons. The molecule has 0 saturated carbocycles. The van der Waals surface area contributed by atoms with E-state index in [1.165, 1.54) is 0 Å². The highest BCUT2D eigenvalue weighted by molar-refractivity contribution is 7.88. The Hall–Kier alpha value is -3.04. The van der Waals surface area contributed by atoms with Gasteiger partial charge >= 0.3 is 6.77 Å². The second-order valence-electron chi connectivity index (χ2n) is 14.8. The van der Waals surface area contributed by atoms with E-state index in [2.05, 4.69) is 50.1 Å². The second-order valence-corrected chi connectivity index (χ2v) is 16.3. The Morgan fingerprint density at radius 1 is 0.717 bits per heavy atom. The number of hydrogen-bond donors (Lipinski definition) is 13. The molecule has 0 aliphatic rings. The van der Waals surface area contributed by atoms with E-state index in [0.29, 0.717) is 25.4 Å². The maximum Gasteiger partial charge on any atom is 0.382 e. The molecule has 0 bridgehead atoms. The summed E-state index contributed by atoms with van der Waals surface area (Å²) in [4.78, 5) is 39.9. The van der Waals surface area contributed by atoms with Crippen LogP contribution in [0.15, 0.2) is 4.99 Å². The summed E-state index contributed by atoms with van der Waals surface area (Å²) in [5.74, 6) is 0.287. The molecule has 18 nitrogen and oxygen atoms in total. The predicted octanol–water partition coefficient (Wildman–Crippen LogP) is -0.922. The number of nitrogens with zero attached hydrogens (tertiary/aromatic N) is 1. The highest BCUT2D eigenvalue weighted by Gasteiger charge is 2.23. The summed E-state index contributed by atoms with van der Waals surface area (Å²) in [6.45, 7) is 24.2. The summed E-state index contributed by atoms with van der Waals surface area (Å²) < 4.78 is 20.3. The van der Waals surface area contributed by atoms with Gasteiger partial charge in [0.2, 0.25) is 0 Å². The fraction of sp³-hybridized carbons (Fsp3) is 0.848. The molecule has 312 valence electrons. The van der Waals surface area contributed by atoms with Crippen LogP contribution in [0.4, 0.5) is 0 Å². The van der Waals surface area contributed by atoms with Gasteiger partial charge in [-0.1, -0.05) is 83.1 Å². The summed E-state index contributed by atoms with van der Waals surface area (Å²) in [6, 6.07) is 0.0948. The largest absolute Gasteiger partial charge is 0.514 e. The Bertz CT molecular complexity index is 1230. The van der Waals surface area contributed by atoms with Crippen LogP contribution in [0.25, 0.3) is 0 Å². The number of guanidine groups is 2. The van der Waals surface area contributed by atoms with Crippen molar-refractivity contribution in [3.63, 3.8) is 0 Å². The van der Waals surface area contributed by atoms with Crippen LogP contribution >= 0.6 is 0 Å². The first-order chi connectivity index (χ1) is 24.2. The highest BCUT2D eigenvalue weighted by atomic mass is 32.2. The lowest BCUT2D eigenvalue weighted by atomic mass is 9.97. The lowest BCUT2D eigenvalue weighted by Gasteiger charge is -2.22. The van der Waals surface area contributed by atoms with Crippen LogP contribution in [0.3, 0.4) is 0 Å². The second kappa shape index (κ2) is 29.3. The van der Waals surface area contributed by atoms with E-state index in [4.69, 9.17) is 37.8 Å². The summed E-state index contributed by atoms with van der Waals surface area (Å²) in [5.41, 5.74) is 16.0. The summed E-state index contributed by atoms with van der Waals surface area (Å²) in [6.07, 6.45) is 3.00. The van der Waals surface area contributed by atoms with Gasteiger partial charge in [-0.05, 0) is 25.7 Å². The number of carbonyl (C=O) groups excluding carboxylic acids is 3. The molecule has 0 heterocycles. The van der Waals surface area contributed by atoms with Crippen molar-refractivity contribution in [2.45, 2.75) is 145 Å². The van der Waals surface area contributed by atoms with Crippen LogP contribution in [-0.2, 0) is 24.5 Å².